The van der Waals surface area contributed by atoms with Crippen molar-refractivity contribution in [2.24, 2.45) is 0 Å². The van der Waals surface area contributed by atoms with Crippen LogP contribution in [0.3, 0.4) is 0 Å². The first kappa shape index (κ1) is 24.2. The molecule has 1 aliphatic heterocycles. The lowest BCUT2D eigenvalue weighted by molar-refractivity contribution is 0.0579. The van der Waals surface area contributed by atoms with E-state index in [1.165, 1.54) is 4.90 Å². The van der Waals surface area contributed by atoms with E-state index in [9.17, 15) is 13.2 Å². The quantitative estimate of drug-likeness (QED) is 0.603. The molecule has 0 bridgehead atoms. The Kier molecular flexibility index (Phi) is 7.25. The number of hydrogen-bond acceptors (Lipinski definition) is 5. The van der Waals surface area contributed by atoms with E-state index in [1.807, 2.05) is 52.8 Å². The predicted molar refractivity (Wildman–Crippen MR) is 125 cm³/mol. The van der Waals surface area contributed by atoms with Gasteiger partial charge in [0.15, 0.2) is 0 Å². The Balaban J connectivity index is 1.83. The zero-order valence-corrected chi connectivity index (χ0v) is 20.4. The van der Waals surface area contributed by atoms with Crippen LogP contribution in [-0.2, 0) is 14.8 Å². The van der Waals surface area contributed by atoms with Gasteiger partial charge in [-0.2, -0.15) is 4.31 Å². The molecule has 0 saturated carbocycles. The van der Waals surface area contributed by atoms with E-state index in [1.54, 1.807) is 28.7 Å². The molecule has 32 heavy (non-hydrogen) atoms. The first-order chi connectivity index (χ1) is 15.0. The van der Waals surface area contributed by atoms with E-state index < -0.39 is 21.7 Å². The molecule has 2 aromatic rings. The number of ether oxygens (including phenoxy) is 1. The highest BCUT2D eigenvalue weighted by atomic mass is 32.2. The molecule has 174 valence electrons. The summed E-state index contributed by atoms with van der Waals surface area (Å²) in [5.41, 5.74) is 1.24. The largest absolute Gasteiger partial charge is 0.443 e. The molecule has 1 atom stereocenters. The van der Waals surface area contributed by atoms with Gasteiger partial charge in [-0.15, -0.1) is 0 Å². The third-order valence-corrected chi connectivity index (χ3v) is 7.25. The van der Waals surface area contributed by atoms with Gasteiger partial charge in [0, 0.05) is 19.3 Å². The second kappa shape index (κ2) is 9.58. The van der Waals surface area contributed by atoms with Crippen LogP contribution in [0.15, 0.2) is 47.5 Å². The summed E-state index contributed by atoms with van der Waals surface area (Å²) in [6, 6.07) is 10.3. The molecular weight excluding hydrogens is 426 g/mol. The van der Waals surface area contributed by atoms with Gasteiger partial charge in [-0.1, -0.05) is 30.7 Å². The molecular formula is C24H33N3O4S. The van der Waals surface area contributed by atoms with Crippen molar-refractivity contribution in [2.75, 3.05) is 18.0 Å². The summed E-state index contributed by atoms with van der Waals surface area (Å²) in [4.78, 5) is 19.0. The highest BCUT2D eigenvalue weighted by Crippen LogP contribution is 2.36. The Bertz CT molecular complexity index is 1030. The number of amides is 1. The number of rotatable bonds is 6. The van der Waals surface area contributed by atoms with Crippen LogP contribution in [0.5, 0.6) is 0 Å². The zero-order valence-electron chi connectivity index (χ0n) is 19.5. The van der Waals surface area contributed by atoms with Crippen LogP contribution < -0.4 is 4.90 Å². The minimum absolute atomic E-state index is 0.274. The van der Waals surface area contributed by atoms with Crippen molar-refractivity contribution in [3.63, 3.8) is 0 Å². The summed E-state index contributed by atoms with van der Waals surface area (Å²) < 4.78 is 33.6. The Labute approximate surface area is 191 Å². The number of sulfonamides is 1. The van der Waals surface area contributed by atoms with Gasteiger partial charge in [-0.25, -0.2) is 18.2 Å². The Morgan fingerprint density at radius 1 is 1.19 bits per heavy atom. The zero-order chi connectivity index (χ0) is 23.5. The summed E-state index contributed by atoms with van der Waals surface area (Å²) in [7, 11) is -3.60. The summed E-state index contributed by atoms with van der Waals surface area (Å²) in [5.74, 6) is 0.496. The number of benzene rings is 1. The summed E-state index contributed by atoms with van der Waals surface area (Å²) in [6.45, 7) is 10.4. The van der Waals surface area contributed by atoms with E-state index in [0.29, 0.717) is 23.8 Å². The van der Waals surface area contributed by atoms with Crippen LogP contribution in [0, 0.1) is 6.92 Å². The molecule has 8 heteroatoms. The molecule has 1 fully saturated rings. The molecule has 1 aromatic carbocycles. The Hall–Kier alpha value is -2.45. The lowest BCUT2D eigenvalue weighted by Gasteiger charge is -2.27. The molecule has 0 radical (unpaired) electrons. The maximum atomic E-state index is 13.2. The first-order valence-electron chi connectivity index (χ1n) is 11.1. The van der Waals surface area contributed by atoms with Crippen molar-refractivity contribution in [3.05, 3.63) is 53.7 Å². The summed E-state index contributed by atoms with van der Waals surface area (Å²) in [6.07, 6.45) is 3.52. The number of nitrogens with zero attached hydrogens (tertiary/aromatic N) is 3. The fourth-order valence-electron chi connectivity index (χ4n) is 3.80. The van der Waals surface area contributed by atoms with Crippen LogP contribution in [-0.4, -0.2) is 42.5 Å². The number of aryl methyl sites for hydroxylation is 1. The maximum Gasteiger partial charge on any atom is 0.416 e. The third kappa shape index (κ3) is 5.48. The van der Waals surface area contributed by atoms with Crippen molar-refractivity contribution in [1.29, 1.82) is 0 Å². The van der Waals surface area contributed by atoms with Crippen LogP contribution in [0.25, 0.3) is 0 Å². The number of carbonyl (C=O) groups is 1. The van der Waals surface area contributed by atoms with Gasteiger partial charge in [0.2, 0.25) is 10.0 Å². The maximum absolute atomic E-state index is 13.2. The van der Waals surface area contributed by atoms with E-state index in [4.69, 9.17) is 4.74 Å². The van der Waals surface area contributed by atoms with Gasteiger partial charge < -0.3 is 4.74 Å². The second-order valence-electron chi connectivity index (χ2n) is 9.17. The van der Waals surface area contributed by atoms with Crippen molar-refractivity contribution in [3.8, 4) is 0 Å². The predicted octanol–water partition coefficient (Wildman–Crippen LogP) is 5.07. The number of aromatic nitrogens is 1. The monoisotopic (exact) mass is 459 g/mol. The van der Waals surface area contributed by atoms with Crippen LogP contribution in [0.1, 0.15) is 64.1 Å². The lowest BCUT2D eigenvalue weighted by Crippen LogP contribution is -2.38. The fraction of sp³-hybridized carbons (Fsp3) is 0.500. The topological polar surface area (TPSA) is 79.8 Å². The van der Waals surface area contributed by atoms with Crippen molar-refractivity contribution < 1.29 is 17.9 Å². The molecule has 1 aromatic heterocycles. The standard InChI is InChI=1S/C24H33N3O4S/c1-6-15-26(23(28)31-24(3,4)5)22-14-11-19(17-25-22)21-8-7-16-27(21)32(29,30)20-12-9-18(2)10-13-20/h9-14,17,21H,6-8,15-16H2,1-5H3/t21-/m0/s1. The SMILES string of the molecule is CCCN(C(=O)OC(C)(C)C)c1ccc([C@@H]2CCCN2S(=O)(=O)c2ccc(C)cc2)cn1. The van der Waals surface area contributed by atoms with Crippen LogP contribution in [0.4, 0.5) is 10.6 Å². The molecule has 3 rings (SSSR count). The smallest absolute Gasteiger partial charge is 0.416 e. The number of hydrogen-bond donors (Lipinski definition) is 0. The highest BCUT2D eigenvalue weighted by molar-refractivity contribution is 7.89. The molecule has 0 aliphatic carbocycles. The van der Waals surface area contributed by atoms with E-state index in [-0.39, 0.29) is 6.04 Å². The highest BCUT2D eigenvalue weighted by Gasteiger charge is 2.36. The second-order valence-corrected chi connectivity index (χ2v) is 11.1. The number of pyridine rings is 1. The van der Waals surface area contributed by atoms with Gasteiger partial charge in [-0.3, -0.25) is 4.90 Å². The number of carbonyl (C=O) groups excluding carboxylic acids is 1. The van der Waals surface area contributed by atoms with Crippen molar-refractivity contribution >= 4 is 21.9 Å². The summed E-state index contributed by atoms with van der Waals surface area (Å²) in [5, 5.41) is 0. The van der Waals surface area contributed by atoms with E-state index in [2.05, 4.69) is 4.98 Å². The first-order valence-corrected chi connectivity index (χ1v) is 12.5. The number of anilines is 1. The molecule has 0 unspecified atom stereocenters. The molecule has 1 aliphatic rings. The molecule has 0 spiro atoms. The van der Waals surface area contributed by atoms with Gasteiger partial charge in [0.1, 0.15) is 11.4 Å². The molecule has 2 heterocycles. The lowest BCUT2D eigenvalue weighted by atomic mass is 10.1. The molecule has 1 saturated heterocycles. The van der Waals surface area contributed by atoms with Crippen LogP contribution >= 0.6 is 0 Å². The Morgan fingerprint density at radius 2 is 1.88 bits per heavy atom. The third-order valence-electron chi connectivity index (χ3n) is 5.32. The average Bonchev–Trinajstić information content (AvgIpc) is 3.22. The van der Waals surface area contributed by atoms with Gasteiger partial charge in [0.25, 0.3) is 0 Å². The van der Waals surface area contributed by atoms with Gasteiger partial charge in [-0.05, 0) is 70.7 Å². The summed E-state index contributed by atoms with van der Waals surface area (Å²) >= 11 is 0. The van der Waals surface area contributed by atoms with Gasteiger partial charge >= 0.3 is 6.09 Å². The minimum atomic E-state index is -3.60. The minimum Gasteiger partial charge on any atom is -0.443 e. The van der Waals surface area contributed by atoms with E-state index >= 15 is 0 Å². The van der Waals surface area contributed by atoms with Crippen LogP contribution in [0.2, 0.25) is 0 Å². The normalized spacial score (nSPS) is 17.3. The Morgan fingerprint density at radius 3 is 2.44 bits per heavy atom. The fourth-order valence-corrected chi connectivity index (χ4v) is 5.48. The van der Waals surface area contributed by atoms with Gasteiger partial charge in [0.05, 0.1) is 10.9 Å². The molecule has 0 N–H and O–H groups in total. The van der Waals surface area contributed by atoms with Crippen molar-refractivity contribution in [1.82, 2.24) is 9.29 Å². The average molecular weight is 460 g/mol. The van der Waals surface area contributed by atoms with E-state index in [0.717, 1.165) is 30.4 Å². The molecule has 1 amide bonds. The van der Waals surface area contributed by atoms with Crippen molar-refractivity contribution in [2.45, 2.75) is 70.4 Å². The molecule has 7 nitrogen and oxygen atoms in total.